The van der Waals surface area contributed by atoms with Crippen LogP contribution in [0.3, 0.4) is 0 Å². The van der Waals surface area contributed by atoms with E-state index < -0.39 is 22.6 Å². The van der Waals surface area contributed by atoms with Crippen molar-refractivity contribution in [3.05, 3.63) is 52.0 Å². The zero-order chi connectivity index (χ0) is 24.2. The normalized spacial score (nSPS) is 14.8. The van der Waals surface area contributed by atoms with E-state index in [2.05, 4.69) is 10.3 Å². The van der Waals surface area contributed by atoms with Crippen LogP contribution in [0.15, 0.2) is 30.5 Å². The first-order valence-corrected chi connectivity index (χ1v) is 10.2. The number of carbonyl (C=O) groups excluding carboxylic acids is 2. The Hall–Kier alpha value is -3.48. The Labute approximate surface area is 187 Å². The molecule has 2 aromatic rings. The molecule has 1 saturated heterocycles. The van der Waals surface area contributed by atoms with Crippen molar-refractivity contribution in [3.63, 3.8) is 0 Å². The number of nitrogens with one attached hydrogen (secondary N) is 1. The van der Waals surface area contributed by atoms with Gasteiger partial charge < -0.3 is 24.9 Å². The Bertz CT molecular complexity index is 1030. The number of carbonyl (C=O) groups is 2. The quantitative estimate of drug-likeness (QED) is 0.493. The van der Waals surface area contributed by atoms with Crippen LogP contribution in [0.2, 0.25) is 0 Å². The summed E-state index contributed by atoms with van der Waals surface area (Å²) in [6, 6.07) is 4.78. The van der Waals surface area contributed by atoms with Gasteiger partial charge in [0.15, 0.2) is 0 Å². The Balaban J connectivity index is 1.46. The number of imidazole rings is 1. The fourth-order valence-electron chi connectivity index (χ4n) is 3.57. The van der Waals surface area contributed by atoms with Crippen molar-refractivity contribution >= 4 is 23.3 Å². The number of alkyl halides is 3. The summed E-state index contributed by atoms with van der Waals surface area (Å²) in [6.45, 7) is 3.32. The molecule has 0 spiro atoms. The average molecular weight is 468 g/mol. The smallest absolute Gasteiger partial charge is 0.358 e. The number of hydrogen-bond acceptors (Lipinski definition) is 6. The Morgan fingerprint density at radius 2 is 1.85 bits per heavy atom. The van der Waals surface area contributed by atoms with Crippen LogP contribution in [-0.2, 0) is 22.3 Å². The van der Waals surface area contributed by atoms with E-state index in [0.717, 1.165) is 6.07 Å². The number of piperazine rings is 1. The number of nitrogens with zero attached hydrogens (tertiary/aromatic N) is 5. The minimum absolute atomic E-state index is 0.0912. The van der Waals surface area contributed by atoms with E-state index in [0.29, 0.717) is 32.0 Å². The van der Waals surface area contributed by atoms with Crippen LogP contribution in [0, 0.1) is 17.0 Å². The molecule has 0 bridgehead atoms. The lowest BCUT2D eigenvalue weighted by Gasteiger charge is -2.34. The van der Waals surface area contributed by atoms with Crippen molar-refractivity contribution in [2.24, 2.45) is 0 Å². The highest BCUT2D eigenvalue weighted by Crippen LogP contribution is 2.34. The molecule has 178 valence electrons. The fourth-order valence-corrected chi connectivity index (χ4v) is 3.57. The highest BCUT2D eigenvalue weighted by atomic mass is 19.4. The molecule has 3 rings (SSSR count). The summed E-state index contributed by atoms with van der Waals surface area (Å²) < 4.78 is 40.8. The van der Waals surface area contributed by atoms with Crippen molar-refractivity contribution in [2.75, 3.05) is 38.0 Å². The number of aromatic nitrogens is 2. The van der Waals surface area contributed by atoms with Crippen molar-refractivity contribution in [2.45, 2.75) is 26.1 Å². The first-order valence-electron chi connectivity index (χ1n) is 10.2. The third kappa shape index (κ3) is 6.28. The molecule has 2 heterocycles. The lowest BCUT2D eigenvalue weighted by Crippen LogP contribution is -2.50. The number of anilines is 1. The molecular weight excluding hydrogens is 445 g/mol. The molecule has 33 heavy (non-hydrogen) atoms. The lowest BCUT2D eigenvalue weighted by atomic mass is 10.1. The molecule has 0 aliphatic carbocycles. The third-order valence-corrected chi connectivity index (χ3v) is 5.32. The summed E-state index contributed by atoms with van der Waals surface area (Å²) in [5.74, 6) is -0.528. The van der Waals surface area contributed by atoms with Crippen LogP contribution in [0.4, 0.5) is 24.7 Å². The first-order chi connectivity index (χ1) is 15.5. The SMILES string of the molecule is Cc1nc([N+](=O)[O-])cn1CCC(=O)N1CCN(CC(=O)Nc2ccccc2C(F)(F)F)CC1. The highest BCUT2D eigenvalue weighted by molar-refractivity contribution is 5.93. The number of nitro groups is 1. The van der Waals surface area contributed by atoms with Gasteiger partial charge in [0.2, 0.25) is 17.6 Å². The van der Waals surface area contributed by atoms with Gasteiger partial charge in [0.25, 0.3) is 0 Å². The van der Waals surface area contributed by atoms with E-state index in [9.17, 15) is 32.9 Å². The second kappa shape index (κ2) is 9.98. The third-order valence-electron chi connectivity index (χ3n) is 5.32. The Morgan fingerprint density at radius 3 is 2.45 bits per heavy atom. The predicted molar refractivity (Wildman–Crippen MR) is 111 cm³/mol. The molecule has 1 aliphatic heterocycles. The summed E-state index contributed by atoms with van der Waals surface area (Å²) in [4.78, 5) is 42.2. The predicted octanol–water partition coefficient (Wildman–Crippen LogP) is 2.29. The molecule has 1 aromatic carbocycles. The number of rotatable bonds is 7. The monoisotopic (exact) mass is 468 g/mol. The molecule has 1 aliphatic rings. The van der Waals surface area contributed by atoms with Crippen molar-refractivity contribution < 1.29 is 27.7 Å². The fraction of sp³-hybridized carbons (Fsp3) is 0.450. The van der Waals surface area contributed by atoms with Crippen LogP contribution in [0.5, 0.6) is 0 Å². The van der Waals surface area contributed by atoms with Gasteiger partial charge in [0.05, 0.1) is 17.8 Å². The molecule has 0 atom stereocenters. The number of hydrogen-bond donors (Lipinski definition) is 1. The maximum absolute atomic E-state index is 13.1. The lowest BCUT2D eigenvalue weighted by molar-refractivity contribution is -0.389. The zero-order valence-electron chi connectivity index (χ0n) is 17.8. The topological polar surface area (TPSA) is 114 Å². The Morgan fingerprint density at radius 1 is 1.18 bits per heavy atom. The summed E-state index contributed by atoms with van der Waals surface area (Å²) in [6.07, 6.45) is -3.14. The van der Waals surface area contributed by atoms with Gasteiger partial charge in [-0.1, -0.05) is 12.1 Å². The van der Waals surface area contributed by atoms with E-state index in [1.165, 1.54) is 24.4 Å². The van der Waals surface area contributed by atoms with Gasteiger partial charge in [-0.25, -0.2) is 0 Å². The van der Waals surface area contributed by atoms with Crippen molar-refractivity contribution in [1.82, 2.24) is 19.4 Å². The van der Waals surface area contributed by atoms with Crippen LogP contribution >= 0.6 is 0 Å². The molecule has 0 saturated carbocycles. The van der Waals surface area contributed by atoms with Crippen molar-refractivity contribution in [1.29, 1.82) is 0 Å². The standard InChI is InChI=1S/C20H23F3N6O4/c1-14-24-17(29(32)33)12-28(14)7-6-19(31)27-10-8-26(9-11-27)13-18(30)25-16-5-3-2-4-15(16)20(21,22)23/h2-5,12H,6-11,13H2,1H3,(H,25,30). The molecule has 1 aromatic heterocycles. The number of para-hydroxylation sites is 1. The number of amides is 2. The second-order valence-electron chi connectivity index (χ2n) is 7.60. The summed E-state index contributed by atoms with van der Waals surface area (Å²) in [5, 5.41) is 13.1. The Kier molecular flexibility index (Phi) is 7.31. The average Bonchev–Trinajstić information content (AvgIpc) is 3.13. The van der Waals surface area contributed by atoms with Gasteiger partial charge in [-0.15, -0.1) is 0 Å². The molecule has 1 fully saturated rings. The molecule has 0 unspecified atom stereocenters. The van der Waals surface area contributed by atoms with Crippen molar-refractivity contribution in [3.8, 4) is 0 Å². The number of benzene rings is 1. The molecular formula is C20H23F3N6O4. The van der Waals surface area contributed by atoms with Gasteiger partial charge in [-0.3, -0.25) is 14.5 Å². The van der Waals surface area contributed by atoms with Crippen LogP contribution < -0.4 is 5.32 Å². The van der Waals surface area contributed by atoms with E-state index in [1.54, 1.807) is 21.3 Å². The van der Waals surface area contributed by atoms with E-state index >= 15 is 0 Å². The molecule has 2 amide bonds. The van der Waals surface area contributed by atoms with E-state index in [4.69, 9.17) is 0 Å². The summed E-state index contributed by atoms with van der Waals surface area (Å²) >= 11 is 0. The van der Waals surface area contributed by atoms with Crippen LogP contribution in [0.1, 0.15) is 17.8 Å². The van der Waals surface area contributed by atoms with Gasteiger partial charge >= 0.3 is 12.0 Å². The zero-order valence-corrected chi connectivity index (χ0v) is 17.8. The highest BCUT2D eigenvalue weighted by Gasteiger charge is 2.33. The van der Waals surface area contributed by atoms with Gasteiger partial charge in [-0.05, 0) is 22.0 Å². The number of halogens is 3. The summed E-state index contributed by atoms with van der Waals surface area (Å²) in [5.41, 5.74) is -1.20. The van der Waals surface area contributed by atoms with Crippen LogP contribution in [-0.4, -0.2) is 68.8 Å². The molecule has 13 heteroatoms. The van der Waals surface area contributed by atoms with Gasteiger partial charge in [0.1, 0.15) is 6.20 Å². The van der Waals surface area contributed by atoms with E-state index in [1.807, 2.05) is 0 Å². The molecule has 1 N–H and O–H groups in total. The number of aryl methyl sites for hydroxylation is 2. The largest absolute Gasteiger partial charge is 0.418 e. The second-order valence-corrected chi connectivity index (χ2v) is 7.60. The minimum Gasteiger partial charge on any atom is -0.358 e. The van der Waals surface area contributed by atoms with Crippen LogP contribution in [0.25, 0.3) is 0 Å². The van der Waals surface area contributed by atoms with Gasteiger partial charge in [0, 0.05) is 46.1 Å². The minimum atomic E-state index is -4.57. The molecule has 0 radical (unpaired) electrons. The first kappa shape index (κ1) is 24.2. The maximum Gasteiger partial charge on any atom is 0.418 e. The maximum atomic E-state index is 13.1. The van der Waals surface area contributed by atoms with Gasteiger partial charge in [-0.2, -0.15) is 13.2 Å². The van der Waals surface area contributed by atoms with E-state index in [-0.39, 0.29) is 36.9 Å². The summed E-state index contributed by atoms with van der Waals surface area (Å²) in [7, 11) is 0. The molecule has 10 nitrogen and oxygen atoms in total.